The van der Waals surface area contributed by atoms with Crippen LogP contribution in [0.1, 0.15) is 0 Å². The molecule has 1 aliphatic heterocycles. The van der Waals surface area contributed by atoms with E-state index in [2.05, 4.69) is 15.6 Å². The summed E-state index contributed by atoms with van der Waals surface area (Å²) < 4.78 is 0. The lowest BCUT2D eigenvalue weighted by Gasteiger charge is -2.01. The van der Waals surface area contributed by atoms with Gasteiger partial charge in [-0.15, -0.1) is 0 Å². The maximum atomic E-state index is 9.20. The van der Waals surface area contributed by atoms with Crippen LogP contribution in [0.25, 0.3) is 0 Å². The van der Waals surface area contributed by atoms with E-state index in [1.54, 1.807) is 12.1 Å². The Bertz CT molecular complexity index is 367. The van der Waals surface area contributed by atoms with Gasteiger partial charge >= 0.3 is 0 Å². The average molecular weight is 192 g/mol. The third kappa shape index (κ3) is 1.71. The van der Waals surface area contributed by atoms with Crippen molar-refractivity contribution in [2.45, 2.75) is 0 Å². The van der Waals surface area contributed by atoms with E-state index in [9.17, 15) is 5.11 Å². The minimum Gasteiger partial charge on any atom is -0.506 e. The highest BCUT2D eigenvalue weighted by Crippen LogP contribution is 2.24. The molecule has 5 nitrogen and oxygen atoms in total. The molecular formula is C9H12N4O. The number of nitrogens with two attached hydrogens (primary N) is 1. The number of rotatable bonds is 1. The van der Waals surface area contributed by atoms with Crippen LogP contribution in [-0.4, -0.2) is 24.2 Å². The third-order valence-corrected chi connectivity index (χ3v) is 1.96. The summed E-state index contributed by atoms with van der Waals surface area (Å²) in [5.41, 5.74) is 6.59. The standard InChI is InChI=1S/C9H12N4O/c10-7-5-6(1-2-8(7)14)13-9-11-3-4-12-9/h1-2,5,14H,3-4,10H2,(H2,11,12,13). The Hall–Kier alpha value is -1.91. The quantitative estimate of drug-likeness (QED) is 0.377. The van der Waals surface area contributed by atoms with Gasteiger partial charge in [0.05, 0.1) is 11.4 Å². The van der Waals surface area contributed by atoms with E-state index in [1.165, 1.54) is 6.07 Å². The van der Waals surface area contributed by atoms with Gasteiger partial charge in [0.1, 0.15) is 5.75 Å². The number of aromatic hydroxyl groups is 1. The lowest BCUT2D eigenvalue weighted by Crippen LogP contribution is -2.23. The first kappa shape index (κ1) is 8.68. The summed E-state index contributed by atoms with van der Waals surface area (Å²) in [6.45, 7) is 1.76. The molecule has 0 saturated carbocycles. The van der Waals surface area contributed by atoms with Crippen molar-refractivity contribution in [3.63, 3.8) is 0 Å². The number of aliphatic imine (C=N–C) groups is 1. The third-order valence-electron chi connectivity index (χ3n) is 1.96. The van der Waals surface area contributed by atoms with Gasteiger partial charge in [-0.05, 0) is 18.2 Å². The number of phenolic OH excluding ortho intramolecular Hbond substituents is 1. The molecule has 0 amide bonds. The summed E-state index contributed by atoms with van der Waals surface area (Å²) in [5, 5.41) is 15.3. The van der Waals surface area contributed by atoms with Gasteiger partial charge < -0.3 is 21.5 Å². The van der Waals surface area contributed by atoms with Crippen LogP contribution in [0.15, 0.2) is 23.2 Å². The van der Waals surface area contributed by atoms with Gasteiger partial charge in [0.15, 0.2) is 5.96 Å². The van der Waals surface area contributed by atoms with Crippen molar-refractivity contribution < 1.29 is 5.11 Å². The Morgan fingerprint density at radius 2 is 2.00 bits per heavy atom. The maximum absolute atomic E-state index is 9.20. The molecule has 0 aromatic heterocycles. The molecule has 0 atom stereocenters. The zero-order valence-electron chi connectivity index (χ0n) is 7.62. The van der Waals surface area contributed by atoms with Gasteiger partial charge in [-0.3, -0.25) is 0 Å². The predicted octanol–water partition coefficient (Wildman–Crippen LogP) is 0.155. The van der Waals surface area contributed by atoms with Gasteiger partial charge in [-0.25, -0.2) is 4.99 Å². The summed E-state index contributed by atoms with van der Waals surface area (Å²) in [6.07, 6.45) is 0. The fraction of sp³-hybridized carbons (Fsp3) is 0.222. The summed E-state index contributed by atoms with van der Waals surface area (Å²) in [4.78, 5) is 4.26. The van der Waals surface area contributed by atoms with Crippen LogP contribution in [-0.2, 0) is 0 Å². The van der Waals surface area contributed by atoms with Crippen LogP contribution in [0.3, 0.4) is 0 Å². The van der Waals surface area contributed by atoms with Crippen molar-refractivity contribution in [2.24, 2.45) is 4.99 Å². The molecule has 0 spiro atoms. The highest BCUT2D eigenvalue weighted by Gasteiger charge is 2.05. The molecule has 74 valence electrons. The largest absolute Gasteiger partial charge is 0.506 e. The van der Waals surface area contributed by atoms with Gasteiger partial charge in [0.25, 0.3) is 0 Å². The van der Waals surface area contributed by atoms with E-state index in [0.29, 0.717) is 5.69 Å². The van der Waals surface area contributed by atoms with Crippen molar-refractivity contribution in [1.29, 1.82) is 0 Å². The molecule has 5 N–H and O–H groups in total. The Kier molecular flexibility index (Phi) is 2.14. The zero-order chi connectivity index (χ0) is 9.97. The zero-order valence-corrected chi connectivity index (χ0v) is 7.62. The van der Waals surface area contributed by atoms with Crippen LogP contribution in [0.4, 0.5) is 11.4 Å². The van der Waals surface area contributed by atoms with E-state index >= 15 is 0 Å². The second-order valence-corrected chi connectivity index (χ2v) is 3.06. The smallest absolute Gasteiger partial charge is 0.196 e. The molecule has 1 aromatic carbocycles. The minimum atomic E-state index is 0.0845. The summed E-state index contributed by atoms with van der Waals surface area (Å²) in [6, 6.07) is 4.87. The fourth-order valence-corrected chi connectivity index (χ4v) is 1.24. The van der Waals surface area contributed by atoms with Gasteiger partial charge in [0, 0.05) is 13.1 Å². The second-order valence-electron chi connectivity index (χ2n) is 3.06. The molecule has 0 aliphatic carbocycles. The van der Waals surface area contributed by atoms with Crippen molar-refractivity contribution in [3.05, 3.63) is 18.2 Å². The molecule has 14 heavy (non-hydrogen) atoms. The molecular weight excluding hydrogens is 180 g/mol. The lowest BCUT2D eigenvalue weighted by molar-refractivity contribution is 0.478. The Morgan fingerprint density at radius 1 is 1.29 bits per heavy atom. The molecule has 1 aromatic rings. The number of nitrogen functional groups attached to an aromatic ring is 1. The number of anilines is 1. The summed E-state index contributed by atoms with van der Waals surface area (Å²) in [7, 11) is 0. The topological polar surface area (TPSA) is 82.7 Å². The SMILES string of the molecule is Nc1cc(N=C2NCCN2)ccc1O. The van der Waals surface area contributed by atoms with Gasteiger partial charge in [0.2, 0.25) is 0 Å². The molecule has 1 aliphatic rings. The first-order valence-corrected chi connectivity index (χ1v) is 4.40. The van der Waals surface area contributed by atoms with E-state index in [4.69, 9.17) is 5.73 Å². The highest BCUT2D eigenvalue weighted by molar-refractivity contribution is 5.84. The Labute approximate surface area is 81.6 Å². The van der Waals surface area contributed by atoms with Gasteiger partial charge in [-0.2, -0.15) is 0 Å². The number of benzene rings is 1. The number of hydrogen-bond acceptors (Lipinski definition) is 3. The summed E-state index contributed by atoms with van der Waals surface area (Å²) >= 11 is 0. The van der Waals surface area contributed by atoms with Crippen LogP contribution in [0.2, 0.25) is 0 Å². The lowest BCUT2D eigenvalue weighted by atomic mass is 10.2. The fourth-order valence-electron chi connectivity index (χ4n) is 1.24. The predicted molar refractivity (Wildman–Crippen MR) is 55.6 cm³/mol. The number of nitrogens with one attached hydrogen (secondary N) is 2. The first-order valence-electron chi connectivity index (χ1n) is 4.40. The molecule has 2 rings (SSSR count). The molecule has 5 heteroatoms. The second kappa shape index (κ2) is 3.45. The molecule has 1 fully saturated rings. The monoisotopic (exact) mass is 192 g/mol. The molecule has 0 radical (unpaired) electrons. The average Bonchev–Trinajstić information content (AvgIpc) is 2.64. The Balaban J connectivity index is 2.24. The number of guanidine groups is 1. The number of phenols is 1. The van der Waals surface area contributed by atoms with Crippen LogP contribution < -0.4 is 16.4 Å². The minimum absolute atomic E-state index is 0.0845. The Morgan fingerprint density at radius 3 is 2.64 bits per heavy atom. The van der Waals surface area contributed by atoms with Crippen molar-refractivity contribution in [1.82, 2.24) is 10.6 Å². The van der Waals surface area contributed by atoms with E-state index < -0.39 is 0 Å². The van der Waals surface area contributed by atoms with Crippen molar-refractivity contribution in [3.8, 4) is 5.75 Å². The highest BCUT2D eigenvalue weighted by atomic mass is 16.3. The van der Waals surface area contributed by atoms with Crippen LogP contribution in [0, 0.1) is 0 Å². The van der Waals surface area contributed by atoms with Gasteiger partial charge in [-0.1, -0.05) is 0 Å². The van der Waals surface area contributed by atoms with E-state index in [1.807, 2.05) is 0 Å². The number of hydrogen-bond donors (Lipinski definition) is 4. The molecule has 0 bridgehead atoms. The summed E-state index contributed by atoms with van der Waals surface area (Å²) in [5.74, 6) is 0.830. The maximum Gasteiger partial charge on any atom is 0.196 e. The van der Waals surface area contributed by atoms with E-state index in [0.717, 1.165) is 24.7 Å². The normalized spacial score (nSPS) is 14.7. The molecule has 0 unspecified atom stereocenters. The van der Waals surface area contributed by atoms with Crippen molar-refractivity contribution in [2.75, 3.05) is 18.8 Å². The first-order chi connectivity index (χ1) is 6.75. The number of nitrogens with zero attached hydrogens (tertiary/aromatic N) is 1. The molecule has 1 heterocycles. The van der Waals surface area contributed by atoms with Crippen LogP contribution >= 0.6 is 0 Å². The van der Waals surface area contributed by atoms with E-state index in [-0.39, 0.29) is 5.75 Å². The van der Waals surface area contributed by atoms with Crippen LogP contribution in [0.5, 0.6) is 5.75 Å². The molecule has 1 saturated heterocycles. The van der Waals surface area contributed by atoms with Crippen molar-refractivity contribution >= 4 is 17.3 Å².